The van der Waals surface area contributed by atoms with E-state index in [4.69, 9.17) is 23.2 Å². The van der Waals surface area contributed by atoms with E-state index in [1.807, 2.05) is 37.3 Å². The minimum Gasteiger partial charge on any atom is -0.355 e. The predicted octanol–water partition coefficient (Wildman–Crippen LogP) is 6.58. The molecule has 0 aliphatic carbocycles. The number of halogens is 2. The smallest absolute Gasteiger partial charge is 0.264 e. The molecular weight excluding hydrogens is 617 g/mol. The molecule has 1 N–H and O–H groups in total. The first kappa shape index (κ1) is 33.1. The number of likely N-dealkylation sites (N-methyl/N-ethyl adjacent to an activating group) is 1. The normalized spacial score (nSPS) is 11.9. The Morgan fingerprint density at radius 3 is 2.05 bits per heavy atom. The van der Waals surface area contributed by atoms with Gasteiger partial charge in [-0.25, -0.2) is 8.42 Å². The quantitative estimate of drug-likeness (QED) is 0.187. The van der Waals surface area contributed by atoms with E-state index in [1.165, 1.54) is 17.0 Å². The van der Waals surface area contributed by atoms with Gasteiger partial charge in [0.05, 0.1) is 10.6 Å². The number of anilines is 1. The standard InChI is InChI=1S/C34H35Cl2N3O4S/c1-4-37-34(41)32(21-26-12-6-5-7-13-26)38(22-28-29(35)14-10-15-30(28)36)33(40)23-39(31-16-9-8-11-25(31)3)44(42,43)27-19-17-24(2)18-20-27/h5-20,32H,4,21-23H2,1-3H3,(H,37,41)/t32-/m0/s1. The summed E-state index contributed by atoms with van der Waals surface area (Å²) in [5.41, 5.74) is 3.21. The van der Waals surface area contributed by atoms with Crippen molar-refractivity contribution < 1.29 is 18.0 Å². The molecule has 10 heteroatoms. The summed E-state index contributed by atoms with van der Waals surface area (Å²) in [5, 5.41) is 3.49. The van der Waals surface area contributed by atoms with Gasteiger partial charge in [-0.2, -0.15) is 0 Å². The zero-order chi connectivity index (χ0) is 31.9. The van der Waals surface area contributed by atoms with Gasteiger partial charge in [-0.1, -0.05) is 95.5 Å². The van der Waals surface area contributed by atoms with Gasteiger partial charge in [0.25, 0.3) is 10.0 Å². The molecule has 0 saturated carbocycles. The van der Waals surface area contributed by atoms with Crippen molar-refractivity contribution in [1.82, 2.24) is 10.2 Å². The number of para-hydroxylation sites is 1. The molecule has 1 atom stereocenters. The summed E-state index contributed by atoms with van der Waals surface area (Å²) < 4.78 is 29.4. The fourth-order valence-corrected chi connectivity index (χ4v) is 6.89. The summed E-state index contributed by atoms with van der Waals surface area (Å²) in [4.78, 5) is 29.5. The number of nitrogens with zero attached hydrogens (tertiary/aromatic N) is 2. The number of hydrogen-bond donors (Lipinski definition) is 1. The first-order valence-electron chi connectivity index (χ1n) is 14.2. The number of carbonyl (C=O) groups is 2. The molecule has 0 aliphatic rings. The third-order valence-electron chi connectivity index (χ3n) is 7.28. The summed E-state index contributed by atoms with van der Waals surface area (Å²) in [6.45, 7) is 5.11. The van der Waals surface area contributed by atoms with Crippen LogP contribution in [0.2, 0.25) is 10.0 Å². The van der Waals surface area contributed by atoms with Gasteiger partial charge in [0, 0.05) is 35.1 Å². The largest absolute Gasteiger partial charge is 0.355 e. The third kappa shape index (κ3) is 7.80. The number of aryl methyl sites for hydroxylation is 2. The Bertz CT molecular complexity index is 1690. The van der Waals surface area contributed by atoms with Gasteiger partial charge in [-0.3, -0.25) is 13.9 Å². The van der Waals surface area contributed by atoms with E-state index in [2.05, 4.69) is 5.32 Å². The molecule has 0 aliphatic heterocycles. The van der Waals surface area contributed by atoms with Crippen LogP contribution in [0.25, 0.3) is 0 Å². The minimum absolute atomic E-state index is 0.0458. The lowest BCUT2D eigenvalue weighted by molar-refractivity contribution is -0.140. The average molecular weight is 653 g/mol. The fourth-order valence-electron chi connectivity index (χ4n) is 4.89. The van der Waals surface area contributed by atoms with Gasteiger partial charge in [0.15, 0.2) is 0 Å². The summed E-state index contributed by atoms with van der Waals surface area (Å²) >= 11 is 13.1. The molecule has 230 valence electrons. The average Bonchev–Trinajstić information content (AvgIpc) is 3.00. The number of benzene rings is 4. The van der Waals surface area contributed by atoms with Crippen molar-refractivity contribution in [3.05, 3.63) is 129 Å². The van der Waals surface area contributed by atoms with Crippen LogP contribution in [0, 0.1) is 13.8 Å². The summed E-state index contributed by atoms with van der Waals surface area (Å²) in [6, 6.07) is 26.8. The topological polar surface area (TPSA) is 86.8 Å². The molecule has 2 amide bonds. The first-order valence-corrected chi connectivity index (χ1v) is 16.4. The van der Waals surface area contributed by atoms with Crippen LogP contribution in [0.15, 0.2) is 102 Å². The SMILES string of the molecule is CCNC(=O)[C@H](Cc1ccccc1)N(Cc1c(Cl)cccc1Cl)C(=O)CN(c1ccccc1C)S(=O)(=O)c1ccc(C)cc1. The van der Waals surface area contributed by atoms with Gasteiger partial charge in [-0.05, 0) is 62.2 Å². The molecule has 0 aromatic heterocycles. The molecule has 4 rings (SSSR count). The lowest BCUT2D eigenvalue weighted by Gasteiger charge is -2.34. The fraction of sp³-hybridized carbons (Fsp3) is 0.235. The zero-order valence-corrected chi connectivity index (χ0v) is 27.2. The number of amides is 2. The second-order valence-electron chi connectivity index (χ2n) is 10.4. The van der Waals surface area contributed by atoms with Gasteiger partial charge in [-0.15, -0.1) is 0 Å². The van der Waals surface area contributed by atoms with Gasteiger partial charge in [0.1, 0.15) is 12.6 Å². The maximum absolute atomic E-state index is 14.5. The molecule has 0 unspecified atom stereocenters. The molecule has 4 aromatic rings. The van der Waals surface area contributed by atoms with E-state index < -0.39 is 28.5 Å². The Morgan fingerprint density at radius 1 is 0.818 bits per heavy atom. The monoisotopic (exact) mass is 651 g/mol. The number of carbonyl (C=O) groups excluding carboxylic acids is 2. The van der Waals surface area contributed by atoms with Crippen molar-refractivity contribution in [3.63, 3.8) is 0 Å². The number of sulfonamides is 1. The lowest BCUT2D eigenvalue weighted by Crippen LogP contribution is -2.53. The summed E-state index contributed by atoms with van der Waals surface area (Å²) in [7, 11) is -4.19. The van der Waals surface area contributed by atoms with Crippen molar-refractivity contribution in [2.24, 2.45) is 0 Å². The van der Waals surface area contributed by atoms with Gasteiger partial charge in [0.2, 0.25) is 11.8 Å². The van der Waals surface area contributed by atoms with E-state index >= 15 is 0 Å². The maximum Gasteiger partial charge on any atom is 0.264 e. The van der Waals surface area contributed by atoms with Gasteiger partial charge < -0.3 is 10.2 Å². The van der Waals surface area contributed by atoms with Crippen molar-refractivity contribution in [2.45, 2.75) is 44.7 Å². The number of nitrogens with one attached hydrogen (secondary N) is 1. The Morgan fingerprint density at radius 2 is 1.43 bits per heavy atom. The van der Waals surface area contributed by atoms with Crippen molar-refractivity contribution in [1.29, 1.82) is 0 Å². The van der Waals surface area contributed by atoms with Crippen LogP contribution in [0.5, 0.6) is 0 Å². The van der Waals surface area contributed by atoms with E-state index in [0.29, 0.717) is 33.4 Å². The summed E-state index contributed by atoms with van der Waals surface area (Å²) in [5.74, 6) is -0.969. The first-order chi connectivity index (χ1) is 21.0. The molecule has 44 heavy (non-hydrogen) atoms. The van der Waals surface area contributed by atoms with E-state index in [0.717, 1.165) is 15.4 Å². The second-order valence-corrected chi connectivity index (χ2v) is 13.1. The van der Waals surface area contributed by atoms with Crippen LogP contribution in [-0.4, -0.2) is 44.3 Å². The summed E-state index contributed by atoms with van der Waals surface area (Å²) in [6.07, 6.45) is 0.190. The minimum atomic E-state index is -4.19. The molecule has 0 radical (unpaired) electrons. The highest BCUT2D eigenvalue weighted by atomic mass is 35.5. The van der Waals surface area contributed by atoms with E-state index in [-0.39, 0.29) is 23.8 Å². The molecule has 0 fully saturated rings. The van der Waals surface area contributed by atoms with Crippen molar-refractivity contribution >= 4 is 50.7 Å². The van der Waals surface area contributed by atoms with E-state index in [9.17, 15) is 18.0 Å². The van der Waals surface area contributed by atoms with Crippen LogP contribution in [0.4, 0.5) is 5.69 Å². The Hall–Kier alpha value is -3.85. The molecule has 0 bridgehead atoms. The molecule has 0 spiro atoms. The number of hydrogen-bond acceptors (Lipinski definition) is 4. The van der Waals surface area contributed by atoms with Crippen LogP contribution in [0.3, 0.4) is 0 Å². The highest BCUT2D eigenvalue weighted by Crippen LogP contribution is 2.30. The Balaban J connectivity index is 1.84. The molecule has 0 heterocycles. The van der Waals surface area contributed by atoms with Crippen LogP contribution in [0.1, 0.15) is 29.2 Å². The lowest BCUT2D eigenvalue weighted by atomic mass is 10.0. The molecular formula is C34H35Cl2N3O4S. The highest BCUT2D eigenvalue weighted by Gasteiger charge is 2.35. The van der Waals surface area contributed by atoms with Gasteiger partial charge >= 0.3 is 0 Å². The van der Waals surface area contributed by atoms with Crippen LogP contribution in [-0.2, 0) is 32.6 Å². The third-order valence-corrected chi connectivity index (χ3v) is 9.77. The van der Waals surface area contributed by atoms with Crippen molar-refractivity contribution in [3.8, 4) is 0 Å². The second kappa shape index (κ2) is 14.8. The molecule has 4 aromatic carbocycles. The van der Waals surface area contributed by atoms with Crippen LogP contribution >= 0.6 is 23.2 Å². The maximum atomic E-state index is 14.5. The molecule has 0 saturated heterocycles. The Kier molecular flexibility index (Phi) is 11.1. The van der Waals surface area contributed by atoms with E-state index in [1.54, 1.807) is 68.4 Å². The van der Waals surface area contributed by atoms with Crippen molar-refractivity contribution in [2.75, 3.05) is 17.4 Å². The highest BCUT2D eigenvalue weighted by molar-refractivity contribution is 7.92. The predicted molar refractivity (Wildman–Crippen MR) is 177 cm³/mol. The Labute approximate surface area is 269 Å². The number of rotatable bonds is 12. The molecule has 7 nitrogen and oxygen atoms in total. The van der Waals surface area contributed by atoms with Crippen LogP contribution < -0.4 is 9.62 Å². The zero-order valence-electron chi connectivity index (χ0n) is 24.8.